The average Bonchev–Trinajstić information content (AvgIpc) is 2.19. The van der Waals surface area contributed by atoms with E-state index in [1.807, 2.05) is 0 Å². The number of hydrogen-bond acceptors (Lipinski definition) is 3. The second-order valence-electron chi connectivity index (χ2n) is 4.02. The fraction of sp³-hybridized carbons (Fsp3) is 1.00. The van der Waals surface area contributed by atoms with Crippen LogP contribution in [0.25, 0.3) is 0 Å². The minimum absolute atomic E-state index is 0.476. The summed E-state index contributed by atoms with van der Waals surface area (Å²) in [5, 5.41) is 3.35. The lowest BCUT2D eigenvalue weighted by atomic mass is 10.1. The van der Waals surface area contributed by atoms with E-state index in [4.69, 9.17) is 0 Å². The van der Waals surface area contributed by atoms with E-state index in [0.717, 1.165) is 19.4 Å². The lowest BCUT2D eigenvalue weighted by molar-refractivity contribution is 0.279. The van der Waals surface area contributed by atoms with Crippen LogP contribution < -0.4 is 5.32 Å². The van der Waals surface area contributed by atoms with E-state index in [1.54, 1.807) is 18.4 Å². The zero-order valence-electron chi connectivity index (χ0n) is 9.73. The minimum Gasteiger partial charge on any atom is -0.314 e. The van der Waals surface area contributed by atoms with Gasteiger partial charge in [0.25, 0.3) is 10.2 Å². The van der Waals surface area contributed by atoms with Crippen LogP contribution in [0.2, 0.25) is 0 Å². The number of piperidine rings is 1. The molecule has 0 aromatic heterocycles. The van der Waals surface area contributed by atoms with Crippen molar-refractivity contribution in [3.05, 3.63) is 0 Å². The lowest BCUT2D eigenvalue weighted by Crippen LogP contribution is -2.48. The van der Waals surface area contributed by atoms with Crippen molar-refractivity contribution in [3.8, 4) is 0 Å². The SMILES string of the molecule is CCNC1CCN(S(=O)(=O)N(C)C)CC1. The molecule has 5 nitrogen and oxygen atoms in total. The normalized spacial score (nSPS) is 21.1. The quantitative estimate of drug-likeness (QED) is 0.738. The lowest BCUT2D eigenvalue weighted by Gasteiger charge is -2.32. The molecule has 1 aliphatic rings. The van der Waals surface area contributed by atoms with Crippen molar-refractivity contribution in [1.29, 1.82) is 0 Å². The molecule has 0 bridgehead atoms. The van der Waals surface area contributed by atoms with E-state index in [9.17, 15) is 8.42 Å². The van der Waals surface area contributed by atoms with Crippen LogP contribution in [0.3, 0.4) is 0 Å². The van der Waals surface area contributed by atoms with Crippen LogP contribution in [0.5, 0.6) is 0 Å². The molecule has 0 atom stereocenters. The van der Waals surface area contributed by atoms with Gasteiger partial charge in [-0.25, -0.2) is 0 Å². The highest BCUT2D eigenvalue weighted by atomic mass is 32.2. The van der Waals surface area contributed by atoms with E-state index in [2.05, 4.69) is 12.2 Å². The number of rotatable bonds is 4. The van der Waals surface area contributed by atoms with E-state index in [1.165, 1.54) is 4.31 Å². The first kappa shape index (κ1) is 12.9. The van der Waals surface area contributed by atoms with E-state index in [0.29, 0.717) is 19.1 Å². The fourth-order valence-electron chi connectivity index (χ4n) is 1.81. The molecular weight excluding hydrogens is 214 g/mol. The first-order chi connectivity index (χ1) is 6.98. The molecule has 90 valence electrons. The molecule has 0 aromatic carbocycles. The van der Waals surface area contributed by atoms with Gasteiger partial charge in [-0.05, 0) is 19.4 Å². The molecular formula is C9H21N3O2S. The van der Waals surface area contributed by atoms with Gasteiger partial charge in [-0.2, -0.15) is 17.0 Å². The van der Waals surface area contributed by atoms with Gasteiger partial charge in [0.05, 0.1) is 0 Å². The van der Waals surface area contributed by atoms with Gasteiger partial charge in [0.1, 0.15) is 0 Å². The summed E-state index contributed by atoms with van der Waals surface area (Å²) in [7, 11) is -0.0492. The van der Waals surface area contributed by atoms with Crippen LogP contribution in [0.15, 0.2) is 0 Å². The summed E-state index contributed by atoms with van der Waals surface area (Å²) in [5.74, 6) is 0. The highest BCUT2D eigenvalue weighted by Gasteiger charge is 2.28. The Morgan fingerprint density at radius 1 is 1.33 bits per heavy atom. The van der Waals surface area contributed by atoms with Crippen molar-refractivity contribution in [2.75, 3.05) is 33.7 Å². The molecule has 15 heavy (non-hydrogen) atoms. The predicted octanol–water partition coefficient (Wildman–Crippen LogP) is -0.133. The maximum atomic E-state index is 11.8. The smallest absolute Gasteiger partial charge is 0.281 e. The second kappa shape index (κ2) is 5.25. The van der Waals surface area contributed by atoms with Crippen LogP contribution >= 0.6 is 0 Å². The molecule has 1 heterocycles. The van der Waals surface area contributed by atoms with Crippen LogP contribution in [0.1, 0.15) is 19.8 Å². The summed E-state index contributed by atoms with van der Waals surface area (Å²) in [6, 6.07) is 0.476. The molecule has 0 amide bonds. The van der Waals surface area contributed by atoms with Crippen molar-refractivity contribution in [1.82, 2.24) is 13.9 Å². The average molecular weight is 235 g/mol. The Hall–Kier alpha value is -0.170. The summed E-state index contributed by atoms with van der Waals surface area (Å²) < 4.78 is 26.4. The molecule has 6 heteroatoms. The molecule has 1 fully saturated rings. The van der Waals surface area contributed by atoms with Gasteiger partial charge in [0.2, 0.25) is 0 Å². The molecule has 0 aromatic rings. The Balaban J connectivity index is 2.51. The third kappa shape index (κ3) is 3.14. The molecule has 0 unspecified atom stereocenters. The topological polar surface area (TPSA) is 52.7 Å². The molecule has 1 aliphatic heterocycles. The Kier molecular flexibility index (Phi) is 4.51. The van der Waals surface area contributed by atoms with Crippen molar-refractivity contribution in [3.63, 3.8) is 0 Å². The van der Waals surface area contributed by atoms with E-state index < -0.39 is 10.2 Å². The van der Waals surface area contributed by atoms with Crippen LogP contribution in [-0.2, 0) is 10.2 Å². The molecule has 0 aliphatic carbocycles. The monoisotopic (exact) mass is 235 g/mol. The third-order valence-corrected chi connectivity index (χ3v) is 4.68. The molecule has 0 radical (unpaired) electrons. The molecule has 1 saturated heterocycles. The maximum Gasteiger partial charge on any atom is 0.281 e. The standard InChI is InChI=1S/C9H21N3O2S/c1-4-10-9-5-7-12(8-6-9)15(13,14)11(2)3/h9-10H,4-8H2,1-3H3. The predicted molar refractivity (Wildman–Crippen MR) is 60.9 cm³/mol. The van der Waals surface area contributed by atoms with E-state index >= 15 is 0 Å². The minimum atomic E-state index is -3.20. The first-order valence-electron chi connectivity index (χ1n) is 5.39. The zero-order valence-corrected chi connectivity index (χ0v) is 10.5. The summed E-state index contributed by atoms with van der Waals surface area (Å²) in [6.07, 6.45) is 1.81. The highest BCUT2D eigenvalue weighted by molar-refractivity contribution is 7.86. The summed E-state index contributed by atoms with van der Waals surface area (Å²) in [5.41, 5.74) is 0. The Morgan fingerprint density at radius 3 is 2.27 bits per heavy atom. The zero-order chi connectivity index (χ0) is 11.5. The molecule has 0 spiro atoms. The molecule has 1 rings (SSSR count). The fourth-order valence-corrected chi connectivity index (χ4v) is 2.94. The van der Waals surface area contributed by atoms with E-state index in [-0.39, 0.29) is 0 Å². The largest absolute Gasteiger partial charge is 0.314 e. The van der Waals surface area contributed by atoms with Gasteiger partial charge >= 0.3 is 0 Å². The van der Waals surface area contributed by atoms with Crippen LogP contribution in [0.4, 0.5) is 0 Å². The first-order valence-corrected chi connectivity index (χ1v) is 6.79. The third-order valence-electron chi connectivity index (χ3n) is 2.73. The maximum absolute atomic E-state index is 11.8. The van der Waals surface area contributed by atoms with Gasteiger partial charge in [-0.1, -0.05) is 6.92 Å². The van der Waals surface area contributed by atoms with Gasteiger partial charge < -0.3 is 5.32 Å². The van der Waals surface area contributed by atoms with Crippen molar-refractivity contribution < 1.29 is 8.42 Å². The van der Waals surface area contributed by atoms with Crippen LogP contribution in [0, 0.1) is 0 Å². The number of hydrogen-bond donors (Lipinski definition) is 1. The van der Waals surface area contributed by atoms with Crippen molar-refractivity contribution >= 4 is 10.2 Å². The Bertz CT molecular complexity index is 282. The Labute approximate surface area is 92.6 Å². The van der Waals surface area contributed by atoms with Gasteiger partial charge in [-0.15, -0.1) is 0 Å². The summed E-state index contributed by atoms with van der Waals surface area (Å²) in [6.45, 7) is 4.27. The van der Waals surface area contributed by atoms with Crippen LogP contribution in [-0.4, -0.2) is 56.8 Å². The summed E-state index contributed by atoms with van der Waals surface area (Å²) in [4.78, 5) is 0. The highest BCUT2D eigenvalue weighted by Crippen LogP contribution is 2.15. The van der Waals surface area contributed by atoms with Gasteiger partial charge in [0.15, 0.2) is 0 Å². The Morgan fingerprint density at radius 2 is 1.87 bits per heavy atom. The summed E-state index contributed by atoms with van der Waals surface area (Å²) >= 11 is 0. The second-order valence-corrected chi connectivity index (χ2v) is 6.16. The number of nitrogens with one attached hydrogen (secondary N) is 1. The van der Waals surface area contributed by atoms with Gasteiger partial charge in [-0.3, -0.25) is 0 Å². The molecule has 0 saturated carbocycles. The van der Waals surface area contributed by atoms with Crippen molar-refractivity contribution in [2.24, 2.45) is 0 Å². The van der Waals surface area contributed by atoms with Crippen molar-refractivity contribution in [2.45, 2.75) is 25.8 Å². The number of nitrogens with zero attached hydrogens (tertiary/aromatic N) is 2. The molecule has 1 N–H and O–H groups in total. The van der Waals surface area contributed by atoms with Gasteiger partial charge in [0, 0.05) is 33.2 Å².